The van der Waals surface area contributed by atoms with Gasteiger partial charge in [0.2, 0.25) is 0 Å². The van der Waals surface area contributed by atoms with Crippen molar-refractivity contribution in [3.63, 3.8) is 0 Å². The number of carbonyl (C=O) groups is 2. The number of benzene rings is 1. The van der Waals surface area contributed by atoms with Gasteiger partial charge >= 0.3 is 11.9 Å². The summed E-state index contributed by atoms with van der Waals surface area (Å²) in [4.78, 5) is 22.1. The highest BCUT2D eigenvalue weighted by Gasteiger charge is 2.19. The van der Waals surface area contributed by atoms with Gasteiger partial charge in [0.05, 0.1) is 5.56 Å². The van der Waals surface area contributed by atoms with Crippen molar-refractivity contribution in [3.05, 3.63) is 28.2 Å². The van der Waals surface area contributed by atoms with Gasteiger partial charge in [-0.25, -0.2) is 9.59 Å². The molecule has 86 valence electrons. The fraction of sp³-hybridized carbons (Fsp3) is 0.200. The van der Waals surface area contributed by atoms with Crippen LogP contribution in [0.1, 0.15) is 17.3 Å². The van der Waals surface area contributed by atoms with E-state index in [1.54, 1.807) is 12.1 Å². The van der Waals surface area contributed by atoms with E-state index in [2.05, 4.69) is 15.9 Å². The lowest BCUT2D eigenvalue weighted by atomic mass is 10.2. The molecule has 0 fully saturated rings. The number of ether oxygens (including phenoxy) is 1. The monoisotopic (exact) mass is 287 g/mol. The van der Waals surface area contributed by atoms with E-state index in [1.165, 1.54) is 13.0 Å². The molecular weight excluding hydrogens is 278 g/mol. The van der Waals surface area contributed by atoms with Gasteiger partial charge in [0.1, 0.15) is 0 Å². The van der Waals surface area contributed by atoms with Gasteiger partial charge in [0, 0.05) is 10.2 Å². The van der Waals surface area contributed by atoms with Gasteiger partial charge in [-0.3, -0.25) is 0 Å². The maximum absolute atomic E-state index is 11.6. The van der Waals surface area contributed by atoms with Crippen LogP contribution in [0.5, 0.6) is 0 Å². The van der Waals surface area contributed by atoms with Crippen LogP contribution in [0.2, 0.25) is 0 Å². The molecule has 0 aliphatic heterocycles. The van der Waals surface area contributed by atoms with Crippen LogP contribution in [0.4, 0.5) is 5.69 Å². The van der Waals surface area contributed by atoms with E-state index >= 15 is 0 Å². The third kappa shape index (κ3) is 2.96. The highest BCUT2D eigenvalue weighted by molar-refractivity contribution is 9.10. The summed E-state index contributed by atoms with van der Waals surface area (Å²) in [7, 11) is 0. The van der Waals surface area contributed by atoms with Gasteiger partial charge in [-0.15, -0.1) is 0 Å². The van der Waals surface area contributed by atoms with Gasteiger partial charge in [0.15, 0.2) is 6.10 Å². The van der Waals surface area contributed by atoms with E-state index in [0.717, 1.165) is 0 Å². The van der Waals surface area contributed by atoms with Crippen molar-refractivity contribution in [2.24, 2.45) is 0 Å². The smallest absolute Gasteiger partial charge is 0.344 e. The topological polar surface area (TPSA) is 89.6 Å². The number of hydrogen-bond acceptors (Lipinski definition) is 4. The standard InChI is InChI=1S/C10H10BrNO4/c1-5(9(13)14)16-10(15)7-4-6(12)2-3-8(7)11/h2-5H,12H2,1H3,(H,13,14). The van der Waals surface area contributed by atoms with Crippen molar-refractivity contribution in [1.29, 1.82) is 0 Å². The Bertz CT molecular complexity index is 433. The van der Waals surface area contributed by atoms with Crippen LogP contribution < -0.4 is 5.73 Å². The van der Waals surface area contributed by atoms with Gasteiger partial charge in [0.25, 0.3) is 0 Å². The minimum Gasteiger partial charge on any atom is -0.479 e. The molecule has 0 aliphatic carbocycles. The SMILES string of the molecule is CC(OC(=O)c1cc(N)ccc1Br)C(=O)O. The highest BCUT2D eigenvalue weighted by atomic mass is 79.9. The lowest BCUT2D eigenvalue weighted by molar-refractivity contribution is -0.146. The first kappa shape index (κ1) is 12.5. The molecular formula is C10H10BrNO4. The molecule has 0 aliphatic rings. The molecule has 3 N–H and O–H groups in total. The van der Waals surface area contributed by atoms with Crippen molar-refractivity contribution >= 4 is 33.6 Å². The van der Waals surface area contributed by atoms with Crippen molar-refractivity contribution in [2.45, 2.75) is 13.0 Å². The van der Waals surface area contributed by atoms with Gasteiger partial charge < -0.3 is 15.6 Å². The largest absolute Gasteiger partial charge is 0.479 e. The van der Waals surface area contributed by atoms with E-state index < -0.39 is 18.0 Å². The summed E-state index contributed by atoms with van der Waals surface area (Å²) >= 11 is 3.15. The molecule has 6 heteroatoms. The zero-order valence-electron chi connectivity index (χ0n) is 8.44. The molecule has 0 saturated carbocycles. The number of carboxylic acid groups (broad SMARTS) is 1. The predicted octanol–water partition coefficient (Wildman–Crippen LogP) is 1.66. The lowest BCUT2D eigenvalue weighted by Gasteiger charge is -2.10. The zero-order chi connectivity index (χ0) is 12.3. The highest BCUT2D eigenvalue weighted by Crippen LogP contribution is 2.20. The first-order valence-electron chi connectivity index (χ1n) is 4.40. The maximum atomic E-state index is 11.6. The maximum Gasteiger partial charge on any atom is 0.344 e. The molecule has 0 bridgehead atoms. The number of carboxylic acids is 1. The Morgan fingerprint density at radius 3 is 2.69 bits per heavy atom. The zero-order valence-corrected chi connectivity index (χ0v) is 10.0. The van der Waals surface area contributed by atoms with E-state index in [1.807, 2.05) is 0 Å². The van der Waals surface area contributed by atoms with Crippen molar-refractivity contribution in [1.82, 2.24) is 0 Å². The molecule has 1 rings (SSSR count). The second-order valence-corrected chi connectivity index (χ2v) is 3.98. The molecule has 5 nitrogen and oxygen atoms in total. The molecule has 1 aromatic carbocycles. The summed E-state index contributed by atoms with van der Waals surface area (Å²) in [6, 6.07) is 4.62. The summed E-state index contributed by atoms with van der Waals surface area (Å²) in [5.74, 6) is -1.93. The summed E-state index contributed by atoms with van der Waals surface area (Å²) in [5.41, 5.74) is 6.11. The molecule has 1 aromatic rings. The molecule has 0 amide bonds. The number of anilines is 1. The number of hydrogen-bond donors (Lipinski definition) is 2. The molecule has 0 saturated heterocycles. The van der Waals surface area contributed by atoms with Gasteiger partial charge in [-0.1, -0.05) is 0 Å². The van der Waals surface area contributed by atoms with E-state index in [9.17, 15) is 9.59 Å². The number of carbonyl (C=O) groups excluding carboxylic acids is 1. The Morgan fingerprint density at radius 2 is 2.12 bits per heavy atom. The summed E-state index contributed by atoms with van der Waals surface area (Å²) in [6.45, 7) is 1.28. The van der Waals surface area contributed by atoms with Crippen molar-refractivity contribution < 1.29 is 19.4 Å². The third-order valence-corrected chi connectivity index (χ3v) is 2.53. The molecule has 0 spiro atoms. The average molecular weight is 288 g/mol. The molecule has 0 aromatic heterocycles. The van der Waals surface area contributed by atoms with Crippen LogP contribution in [0.25, 0.3) is 0 Å². The quantitative estimate of drug-likeness (QED) is 0.652. The Morgan fingerprint density at radius 1 is 1.50 bits per heavy atom. The van der Waals surface area contributed by atoms with Crippen LogP contribution in [0.3, 0.4) is 0 Å². The van der Waals surface area contributed by atoms with Crippen LogP contribution in [0, 0.1) is 0 Å². The Hall–Kier alpha value is -1.56. The fourth-order valence-electron chi connectivity index (χ4n) is 0.974. The van der Waals surface area contributed by atoms with Crippen LogP contribution in [-0.2, 0) is 9.53 Å². The van der Waals surface area contributed by atoms with Gasteiger partial charge in [-0.05, 0) is 41.1 Å². The fourth-order valence-corrected chi connectivity index (χ4v) is 1.38. The molecule has 16 heavy (non-hydrogen) atoms. The first-order chi connectivity index (χ1) is 7.41. The van der Waals surface area contributed by atoms with Crippen LogP contribution in [-0.4, -0.2) is 23.1 Å². The van der Waals surface area contributed by atoms with Gasteiger partial charge in [-0.2, -0.15) is 0 Å². The second-order valence-electron chi connectivity index (χ2n) is 3.13. The molecule has 0 heterocycles. The molecule has 1 atom stereocenters. The molecule has 0 radical (unpaired) electrons. The third-order valence-electron chi connectivity index (χ3n) is 1.84. The first-order valence-corrected chi connectivity index (χ1v) is 5.20. The van der Waals surface area contributed by atoms with Crippen molar-refractivity contribution in [2.75, 3.05) is 5.73 Å². The van der Waals surface area contributed by atoms with E-state index in [0.29, 0.717) is 10.2 Å². The Kier molecular flexibility index (Phi) is 3.89. The molecule has 1 unspecified atom stereocenters. The predicted molar refractivity (Wildman–Crippen MR) is 61.1 cm³/mol. The average Bonchev–Trinajstić information content (AvgIpc) is 2.21. The number of rotatable bonds is 3. The normalized spacial score (nSPS) is 11.9. The Balaban J connectivity index is 2.88. The summed E-state index contributed by atoms with van der Waals surface area (Å²) in [5, 5.41) is 8.59. The van der Waals surface area contributed by atoms with E-state index in [4.69, 9.17) is 15.6 Å². The van der Waals surface area contributed by atoms with Crippen molar-refractivity contribution in [3.8, 4) is 0 Å². The number of nitrogens with two attached hydrogens (primary N) is 1. The number of nitrogen functional groups attached to an aromatic ring is 1. The lowest BCUT2D eigenvalue weighted by Crippen LogP contribution is -2.23. The van der Waals surface area contributed by atoms with Crippen LogP contribution >= 0.6 is 15.9 Å². The summed E-state index contributed by atoms with van der Waals surface area (Å²) < 4.78 is 5.21. The van der Waals surface area contributed by atoms with E-state index in [-0.39, 0.29) is 5.56 Å². The number of aliphatic carboxylic acids is 1. The Labute approximate surface area is 100 Å². The minimum absolute atomic E-state index is 0.202. The number of esters is 1. The second kappa shape index (κ2) is 4.98. The van der Waals surface area contributed by atoms with Crippen LogP contribution in [0.15, 0.2) is 22.7 Å². The summed E-state index contributed by atoms with van der Waals surface area (Å²) in [6.07, 6.45) is -1.19. The minimum atomic E-state index is -1.20. The number of halogens is 1.